The highest BCUT2D eigenvalue weighted by molar-refractivity contribution is 14.0. The first-order chi connectivity index (χ1) is 6.47. The second-order valence-electron chi connectivity index (χ2n) is 4.74. The number of nitrogens with two attached hydrogens (primary N) is 1. The molecule has 1 aliphatic heterocycles. The Morgan fingerprint density at radius 2 is 2.20 bits per heavy atom. The summed E-state index contributed by atoms with van der Waals surface area (Å²) in [6.07, 6.45) is 2.62. The van der Waals surface area contributed by atoms with Gasteiger partial charge in [-0.3, -0.25) is 4.99 Å². The van der Waals surface area contributed by atoms with Crippen LogP contribution in [-0.4, -0.2) is 29.0 Å². The van der Waals surface area contributed by atoms with Gasteiger partial charge in [0.05, 0.1) is 6.54 Å². The van der Waals surface area contributed by atoms with E-state index in [1.807, 2.05) is 11.8 Å². The van der Waals surface area contributed by atoms with E-state index in [1.165, 1.54) is 18.6 Å². The fraction of sp³-hybridized carbons (Fsp3) is 0.900. The van der Waals surface area contributed by atoms with Gasteiger partial charge >= 0.3 is 0 Å². The summed E-state index contributed by atoms with van der Waals surface area (Å²) in [4.78, 5) is 4.35. The van der Waals surface area contributed by atoms with E-state index < -0.39 is 0 Å². The van der Waals surface area contributed by atoms with Crippen LogP contribution < -0.4 is 11.1 Å². The van der Waals surface area contributed by atoms with Crippen molar-refractivity contribution in [2.45, 2.75) is 44.4 Å². The van der Waals surface area contributed by atoms with Crippen molar-refractivity contribution in [2.75, 3.05) is 12.3 Å². The fourth-order valence-electron chi connectivity index (χ4n) is 1.41. The van der Waals surface area contributed by atoms with Crippen LogP contribution in [0.5, 0.6) is 0 Å². The van der Waals surface area contributed by atoms with Crippen LogP contribution in [0.4, 0.5) is 0 Å². The SMILES string of the molecule is CC(C)(C)NC(N)=NCC1CCCS1.I. The van der Waals surface area contributed by atoms with Crippen LogP contribution in [0.25, 0.3) is 0 Å². The number of halogens is 1. The van der Waals surface area contributed by atoms with Gasteiger partial charge in [0, 0.05) is 10.8 Å². The lowest BCUT2D eigenvalue weighted by Gasteiger charge is -2.21. The number of nitrogens with one attached hydrogen (secondary N) is 1. The van der Waals surface area contributed by atoms with Crippen LogP contribution in [0.3, 0.4) is 0 Å². The number of hydrogen-bond acceptors (Lipinski definition) is 2. The predicted octanol–water partition coefficient (Wildman–Crippen LogP) is 2.20. The van der Waals surface area contributed by atoms with Gasteiger partial charge in [0.15, 0.2) is 5.96 Å². The largest absolute Gasteiger partial charge is 0.370 e. The van der Waals surface area contributed by atoms with Crippen molar-refractivity contribution in [3.05, 3.63) is 0 Å². The van der Waals surface area contributed by atoms with Gasteiger partial charge in [0.2, 0.25) is 0 Å². The first-order valence-electron chi connectivity index (χ1n) is 5.17. The first-order valence-corrected chi connectivity index (χ1v) is 6.22. The van der Waals surface area contributed by atoms with Gasteiger partial charge in [0.25, 0.3) is 0 Å². The third-order valence-corrected chi connectivity index (χ3v) is 3.37. The molecule has 0 aromatic carbocycles. The number of thioether (sulfide) groups is 1. The average molecular weight is 343 g/mol. The molecule has 1 aliphatic rings. The lowest BCUT2D eigenvalue weighted by Crippen LogP contribution is -2.45. The normalized spacial score (nSPS) is 22.3. The summed E-state index contributed by atoms with van der Waals surface area (Å²) in [6.45, 7) is 7.11. The Labute approximate surface area is 114 Å². The van der Waals surface area contributed by atoms with Crippen molar-refractivity contribution >= 4 is 41.7 Å². The van der Waals surface area contributed by atoms with Gasteiger partial charge < -0.3 is 11.1 Å². The third kappa shape index (κ3) is 7.27. The smallest absolute Gasteiger partial charge is 0.189 e. The van der Waals surface area contributed by atoms with Gasteiger partial charge in [-0.2, -0.15) is 11.8 Å². The van der Waals surface area contributed by atoms with Crippen molar-refractivity contribution in [1.29, 1.82) is 0 Å². The molecule has 5 heteroatoms. The van der Waals surface area contributed by atoms with E-state index in [0.717, 1.165) is 6.54 Å². The molecule has 0 saturated carbocycles. The summed E-state index contributed by atoms with van der Waals surface area (Å²) in [5, 5.41) is 3.85. The van der Waals surface area contributed by atoms with Crippen molar-refractivity contribution in [3.63, 3.8) is 0 Å². The van der Waals surface area contributed by atoms with Gasteiger partial charge in [-0.25, -0.2) is 0 Å². The number of nitrogens with zero attached hydrogens (tertiary/aromatic N) is 1. The minimum Gasteiger partial charge on any atom is -0.370 e. The summed E-state index contributed by atoms with van der Waals surface area (Å²) < 4.78 is 0. The topological polar surface area (TPSA) is 50.4 Å². The molecule has 0 spiro atoms. The van der Waals surface area contributed by atoms with Crippen LogP contribution in [0.15, 0.2) is 4.99 Å². The number of guanidine groups is 1. The monoisotopic (exact) mass is 343 g/mol. The van der Waals surface area contributed by atoms with Gasteiger partial charge in [-0.1, -0.05) is 0 Å². The lowest BCUT2D eigenvalue weighted by atomic mass is 10.1. The first kappa shape index (κ1) is 15.3. The maximum Gasteiger partial charge on any atom is 0.189 e. The van der Waals surface area contributed by atoms with Crippen LogP contribution in [0.1, 0.15) is 33.6 Å². The van der Waals surface area contributed by atoms with E-state index in [0.29, 0.717) is 11.2 Å². The third-order valence-electron chi connectivity index (χ3n) is 1.99. The summed E-state index contributed by atoms with van der Waals surface area (Å²) in [6, 6.07) is 0. The molecule has 90 valence electrons. The number of rotatable bonds is 2. The Hall–Kier alpha value is 0.350. The quantitative estimate of drug-likeness (QED) is 0.459. The molecular formula is C10H22IN3S. The number of hydrogen-bond donors (Lipinski definition) is 2. The highest BCUT2D eigenvalue weighted by Crippen LogP contribution is 2.25. The highest BCUT2D eigenvalue weighted by Gasteiger charge is 2.15. The Kier molecular flexibility index (Phi) is 6.99. The molecule has 0 amide bonds. The molecule has 15 heavy (non-hydrogen) atoms. The second kappa shape index (κ2) is 6.83. The van der Waals surface area contributed by atoms with Crippen molar-refractivity contribution in [3.8, 4) is 0 Å². The molecule has 0 bridgehead atoms. The Bertz CT molecular complexity index is 207. The summed E-state index contributed by atoms with van der Waals surface area (Å²) >= 11 is 2.01. The summed E-state index contributed by atoms with van der Waals surface area (Å²) in [5.74, 6) is 1.86. The molecule has 0 aromatic heterocycles. The van der Waals surface area contributed by atoms with Crippen molar-refractivity contribution in [1.82, 2.24) is 5.32 Å². The van der Waals surface area contributed by atoms with Gasteiger partial charge in [-0.05, 0) is 39.4 Å². The minimum absolute atomic E-state index is 0. The number of aliphatic imine (C=N–C) groups is 1. The van der Waals surface area contributed by atoms with Gasteiger partial charge in [0.1, 0.15) is 0 Å². The molecule has 1 heterocycles. The van der Waals surface area contributed by atoms with E-state index in [1.54, 1.807) is 0 Å². The molecule has 1 saturated heterocycles. The molecule has 1 rings (SSSR count). The van der Waals surface area contributed by atoms with Crippen LogP contribution in [0.2, 0.25) is 0 Å². The van der Waals surface area contributed by atoms with Crippen LogP contribution in [0, 0.1) is 0 Å². The minimum atomic E-state index is 0. The Morgan fingerprint density at radius 3 is 2.67 bits per heavy atom. The molecular weight excluding hydrogens is 321 g/mol. The highest BCUT2D eigenvalue weighted by atomic mass is 127. The average Bonchev–Trinajstić information content (AvgIpc) is 2.49. The summed E-state index contributed by atoms with van der Waals surface area (Å²) in [5.41, 5.74) is 5.78. The van der Waals surface area contributed by atoms with Crippen LogP contribution >= 0.6 is 35.7 Å². The maximum absolute atomic E-state index is 5.77. The zero-order valence-electron chi connectivity index (χ0n) is 9.75. The van der Waals surface area contributed by atoms with Crippen molar-refractivity contribution in [2.24, 2.45) is 10.7 Å². The standard InChI is InChI=1S/C10H21N3S.HI/c1-10(2,3)13-9(11)12-7-8-5-4-6-14-8;/h8H,4-7H2,1-3H3,(H3,11,12,13);1H. The zero-order valence-corrected chi connectivity index (χ0v) is 12.9. The Balaban J connectivity index is 0.00000196. The predicted molar refractivity (Wildman–Crippen MR) is 80.3 cm³/mol. The second-order valence-corrected chi connectivity index (χ2v) is 6.14. The molecule has 0 aromatic rings. The van der Waals surface area contributed by atoms with E-state index in [2.05, 4.69) is 31.1 Å². The molecule has 1 unspecified atom stereocenters. The summed E-state index contributed by atoms with van der Waals surface area (Å²) in [7, 11) is 0. The van der Waals surface area contributed by atoms with E-state index in [-0.39, 0.29) is 29.5 Å². The molecule has 0 aliphatic carbocycles. The molecule has 3 N–H and O–H groups in total. The van der Waals surface area contributed by atoms with Crippen molar-refractivity contribution < 1.29 is 0 Å². The maximum atomic E-state index is 5.77. The lowest BCUT2D eigenvalue weighted by molar-refractivity contribution is 0.508. The van der Waals surface area contributed by atoms with Crippen LogP contribution in [-0.2, 0) is 0 Å². The molecule has 1 atom stereocenters. The van der Waals surface area contributed by atoms with E-state index in [9.17, 15) is 0 Å². The zero-order chi connectivity index (χ0) is 10.6. The molecule has 0 radical (unpaired) electrons. The fourth-order valence-corrected chi connectivity index (χ4v) is 2.59. The van der Waals surface area contributed by atoms with E-state index >= 15 is 0 Å². The van der Waals surface area contributed by atoms with E-state index in [4.69, 9.17) is 5.73 Å². The van der Waals surface area contributed by atoms with Gasteiger partial charge in [-0.15, -0.1) is 24.0 Å². The molecule has 1 fully saturated rings. The molecule has 3 nitrogen and oxygen atoms in total. The Morgan fingerprint density at radius 1 is 1.53 bits per heavy atom.